The molecule has 0 spiro atoms. The summed E-state index contributed by atoms with van der Waals surface area (Å²) in [6.45, 7) is 2.24. The summed E-state index contributed by atoms with van der Waals surface area (Å²) >= 11 is 5.60. The maximum Gasteiger partial charge on any atom is 0.240 e. The van der Waals surface area contributed by atoms with Gasteiger partial charge in [0.05, 0.1) is 9.92 Å². The van der Waals surface area contributed by atoms with Crippen LogP contribution in [0.15, 0.2) is 47.4 Å². The van der Waals surface area contributed by atoms with E-state index < -0.39 is 15.8 Å². The third kappa shape index (κ3) is 4.03. The standard InChI is InChI=1S/C15H15ClFNO2S/c1-11-4-2-3-5-12(11)8-9-18-21(19,20)13-6-7-15(17)14(16)10-13/h2-7,10,18H,8-9H2,1H3. The molecular formula is C15H15ClFNO2S. The molecule has 0 aromatic heterocycles. The molecule has 112 valence electrons. The highest BCUT2D eigenvalue weighted by atomic mass is 35.5. The van der Waals surface area contributed by atoms with E-state index in [2.05, 4.69) is 4.72 Å². The van der Waals surface area contributed by atoms with Crippen molar-refractivity contribution in [3.8, 4) is 0 Å². The third-order valence-corrected chi connectivity index (χ3v) is 4.90. The van der Waals surface area contributed by atoms with Gasteiger partial charge in [-0.05, 0) is 42.7 Å². The Morgan fingerprint density at radius 3 is 2.57 bits per heavy atom. The molecule has 0 unspecified atom stereocenters. The number of sulfonamides is 1. The molecule has 2 aromatic carbocycles. The Labute approximate surface area is 128 Å². The number of hydrogen-bond acceptors (Lipinski definition) is 2. The highest BCUT2D eigenvalue weighted by Gasteiger charge is 2.15. The molecule has 0 aliphatic carbocycles. The molecule has 0 saturated carbocycles. The zero-order chi connectivity index (χ0) is 15.5. The van der Waals surface area contributed by atoms with Crippen LogP contribution in [0.2, 0.25) is 5.02 Å². The first-order chi connectivity index (χ1) is 9.90. The maximum atomic E-state index is 13.1. The second-order valence-corrected chi connectivity index (χ2v) is 6.82. The summed E-state index contributed by atoms with van der Waals surface area (Å²) in [7, 11) is -3.68. The Morgan fingerprint density at radius 1 is 1.19 bits per heavy atom. The van der Waals surface area contributed by atoms with E-state index in [0.29, 0.717) is 6.42 Å². The van der Waals surface area contributed by atoms with E-state index in [1.807, 2.05) is 31.2 Å². The largest absolute Gasteiger partial charge is 0.240 e. The monoisotopic (exact) mass is 327 g/mol. The van der Waals surface area contributed by atoms with Crippen LogP contribution in [0.1, 0.15) is 11.1 Å². The van der Waals surface area contributed by atoms with Gasteiger partial charge in [-0.2, -0.15) is 0 Å². The molecule has 0 amide bonds. The number of rotatable bonds is 5. The molecule has 0 bridgehead atoms. The molecule has 6 heteroatoms. The van der Waals surface area contributed by atoms with Crippen LogP contribution in [-0.2, 0) is 16.4 Å². The van der Waals surface area contributed by atoms with Gasteiger partial charge in [0.1, 0.15) is 5.82 Å². The highest BCUT2D eigenvalue weighted by molar-refractivity contribution is 7.89. The number of nitrogens with one attached hydrogen (secondary N) is 1. The number of halogens is 2. The lowest BCUT2D eigenvalue weighted by molar-refractivity contribution is 0.580. The summed E-state index contributed by atoms with van der Waals surface area (Å²) < 4.78 is 39.7. The Bertz CT molecular complexity index is 747. The number of hydrogen-bond donors (Lipinski definition) is 1. The topological polar surface area (TPSA) is 46.2 Å². The average molecular weight is 328 g/mol. The van der Waals surface area contributed by atoms with Crippen molar-refractivity contribution >= 4 is 21.6 Å². The number of benzene rings is 2. The Kier molecular flexibility index (Phi) is 4.98. The van der Waals surface area contributed by atoms with Gasteiger partial charge < -0.3 is 0 Å². The minimum absolute atomic E-state index is 0.0429. The second kappa shape index (κ2) is 6.56. The zero-order valence-electron chi connectivity index (χ0n) is 11.4. The molecule has 2 aromatic rings. The van der Waals surface area contributed by atoms with Crippen LogP contribution in [0, 0.1) is 12.7 Å². The molecular weight excluding hydrogens is 313 g/mol. The van der Waals surface area contributed by atoms with Crippen molar-refractivity contribution < 1.29 is 12.8 Å². The molecule has 0 aliphatic rings. The van der Waals surface area contributed by atoms with Crippen LogP contribution in [0.3, 0.4) is 0 Å². The van der Waals surface area contributed by atoms with Gasteiger partial charge in [-0.1, -0.05) is 35.9 Å². The van der Waals surface area contributed by atoms with Crippen molar-refractivity contribution in [3.63, 3.8) is 0 Å². The Hall–Kier alpha value is -1.43. The fourth-order valence-electron chi connectivity index (χ4n) is 1.94. The first kappa shape index (κ1) is 15.9. The Morgan fingerprint density at radius 2 is 1.90 bits per heavy atom. The molecule has 0 saturated heterocycles. The third-order valence-electron chi connectivity index (χ3n) is 3.15. The molecule has 1 N–H and O–H groups in total. The molecule has 0 heterocycles. The summed E-state index contributed by atoms with van der Waals surface area (Å²) in [5.74, 6) is -0.643. The van der Waals surface area contributed by atoms with E-state index in [9.17, 15) is 12.8 Å². The van der Waals surface area contributed by atoms with Crippen LogP contribution < -0.4 is 4.72 Å². The van der Waals surface area contributed by atoms with Crippen molar-refractivity contribution in [1.29, 1.82) is 0 Å². The lowest BCUT2D eigenvalue weighted by Crippen LogP contribution is -2.26. The first-order valence-corrected chi connectivity index (χ1v) is 8.25. The average Bonchev–Trinajstić information content (AvgIpc) is 2.44. The maximum absolute atomic E-state index is 13.1. The minimum atomic E-state index is -3.68. The lowest BCUT2D eigenvalue weighted by atomic mass is 10.1. The summed E-state index contributed by atoms with van der Waals surface area (Å²) in [6.07, 6.45) is 0.584. The summed E-state index contributed by atoms with van der Waals surface area (Å²) in [4.78, 5) is -0.0429. The van der Waals surface area contributed by atoms with E-state index in [-0.39, 0.29) is 16.5 Å². The molecule has 3 nitrogen and oxygen atoms in total. The zero-order valence-corrected chi connectivity index (χ0v) is 13.0. The number of aryl methyl sites for hydroxylation is 1. The van der Waals surface area contributed by atoms with Gasteiger partial charge in [0, 0.05) is 6.54 Å². The normalized spacial score (nSPS) is 11.6. The minimum Gasteiger partial charge on any atom is -0.211 e. The smallest absolute Gasteiger partial charge is 0.211 e. The predicted octanol–water partition coefficient (Wildman–Crippen LogP) is 3.31. The van der Waals surface area contributed by atoms with Crippen molar-refractivity contribution in [3.05, 3.63) is 64.4 Å². The molecule has 2 rings (SSSR count). The Balaban J connectivity index is 2.05. The van der Waals surface area contributed by atoms with Crippen LogP contribution in [0.4, 0.5) is 4.39 Å². The summed E-state index contributed by atoms with van der Waals surface area (Å²) in [5, 5.41) is -0.211. The van der Waals surface area contributed by atoms with E-state index in [1.54, 1.807) is 0 Å². The summed E-state index contributed by atoms with van der Waals surface area (Å²) in [6, 6.07) is 11.1. The van der Waals surface area contributed by atoms with E-state index in [4.69, 9.17) is 11.6 Å². The molecule has 0 aliphatic heterocycles. The van der Waals surface area contributed by atoms with Crippen molar-refractivity contribution in [1.82, 2.24) is 4.72 Å². The van der Waals surface area contributed by atoms with Gasteiger partial charge in [-0.25, -0.2) is 17.5 Å². The van der Waals surface area contributed by atoms with Crippen LogP contribution in [0.25, 0.3) is 0 Å². The van der Waals surface area contributed by atoms with Gasteiger partial charge in [0.2, 0.25) is 10.0 Å². The van der Waals surface area contributed by atoms with Crippen molar-refractivity contribution in [2.45, 2.75) is 18.2 Å². The quantitative estimate of drug-likeness (QED) is 0.915. The fraction of sp³-hybridized carbons (Fsp3) is 0.200. The van der Waals surface area contributed by atoms with Gasteiger partial charge in [-0.3, -0.25) is 0 Å². The SMILES string of the molecule is Cc1ccccc1CCNS(=O)(=O)c1ccc(F)c(Cl)c1. The van der Waals surface area contributed by atoms with Crippen LogP contribution in [-0.4, -0.2) is 15.0 Å². The van der Waals surface area contributed by atoms with Gasteiger partial charge >= 0.3 is 0 Å². The lowest BCUT2D eigenvalue weighted by Gasteiger charge is -2.09. The van der Waals surface area contributed by atoms with E-state index in [0.717, 1.165) is 23.3 Å². The first-order valence-electron chi connectivity index (χ1n) is 6.39. The van der Waals surface area contributed by atoms with Gasteiger partial charge in [0.25, 0.3) is 0 Å². The van der Waals surface area contributed by atoms with Crippen molar-refractivity contribution in [2.24, 2.45) is 0 Å². The second-order valence-electron chi connectivity index (χ2n) is 4.65. The van der Waals surface area contributed by atoms with Crippen molar-refractivity contribution in [2.75, 3.05) is 6.54 Å². The van der Waals surface area contributed by atoms with E-state index in [1.165, 1.54) is 6.07 Å². The molecule has 0 fully saturated rings. The van der Waals surface area contributed by atoms with Gasteiger partial charge in [-0.15, -0.1) is 0 Å². The predicted molar refractivity (Wildman–Crippen MR) is 81.5 cm³/mol. The van der Waals surface area contributed by atoms with Crippen LogP contribution >= 0.6 is 11.6 Å². The van der Waals surface area contributed by atoms with Gasteiger partial charge in [0.15, 0.2) is 0 Å². The molecule has 21 heavy (non-hydrogen) atoms. The fourth-order valence-corrected chi connectivity index (χ4v) is 3.24. The van der Waals surface area contributed by atoms with Crippen LogP contribution in [0.5, 0.6) is 0 Å². The van der Waals surface area contributed by atoms with E-state index >= 15 is 0 Å². The molecule has 0 radical (unpaired) electrons. The molecule has 0 atom stereocenters. The highest BCUT2D eigenvalue weighted by Crippen LogP contribution is 2.19. The summed E-state index contributed by atoms with van der Waals surface area (Å²) in [5.41, 5.74) is 2.19.